The van der Waals surface area contributed by atoms with Crippen LogP contribution < -0.4 is 14.8 Å². The fourth-order valence-electron chi connectivity index (χ4n) is 2.42. The molecule has 2 heterocycles. The predicted molar refractivity (Wildman–Crippen MR) is 77.8 cm³/mol. The Bertz CT molecular complexity index is 651. The summed E-state index contributed by atoms with van der Waals surface area (Å²) in [6.45, 7) is 6.21. The first-order valence-electron chi connectivity index (χ1n) is 6.47. The zero-order valence-corrected chi connectivity index (χ0v) is 12.4. The minimum absolute atomic E-state index is 0.0883. The molecule has 1 atom stereocenters. The summed E-state index contributed by atoms with van der Waals surface area (Å²) in [6.07, 6.45) is 0. The monoisotopic (exact) mass is 293 g/mol. The van der Waals surface area contributed by atoms with Gasteiger partial charge in [0, 0.05) is 17.7 Å². The summed E-state index contributed by atoms with van der Waals surface area (Å²) in [5.74, 6) is 3.22. The highest BCUT2D eigenvalue weighted by Crippen LogP contribution is 2.40. The van der Waals surface area contributed by atoms with Crippen molar-refractivity contribution in [1.82, 2.24) is 0 Å². The molecule has 1 aromatic heterocycles. The fraction of sp³-hybridized carbons (Fsp3) is 0.333. The second-order valence-corrected chi connectivity index (χ2v) is 5.33. The van der Waals surface area contributed by atoms with E-state index >= 15 is 0 Å². The Labute approximate surface area is 122 Å². The van der Waals surface area contributed by atoms with Gasteiger partial charge < -0.3 is 19.2 Å². The highest BCUT2D eigenvalue weighted by Gasteiger charge is 2.19. The maximum atomic E-state index is 6.26. The summed E-state index contributed by atoms with van der Waals surface area (Å²) in [6, 6.07) is 5.76. The lowest BCUT2D eigenvalue weighted by molar-refractivity contribution is 0.174. The van der Waals surface area contributed by atoms with E-state index in [9.17, 15) is 0 Å². The van der Waals surface area contributed by atoms with Crippen molar-refractivity contribution in [2.75, 3.05) is 12.1 Å². The van der Waals surface area contributed by atoms with Crippen molar-refractivity contribution >= 4 is 17.3 Å². The molecule has 2 aromatic rings. The lowest BCUT2D eigenvalue weighted by Gasteiger charge is -2.16. The number of anilines is 1. The molecule has 4 nitrogen and oxygen atoms in total. The van der Waals surface area contributed by atoms with E-state index < -0.39 is 0 Å². The normalized spacial score (nSPS) is 14.4. The molecule has 0 radical (unpaired) electrons. The summed E-state index contributed by atoms with van der Waals surface area (Å²) in [4.78, 5) is 0. The van der Waals surface area contributed by atoms with Crippen LogP contribution in [0.1, 0.15) is 30.0 Å². The Morgan fingerprint density at radius 1 is 1.15 bits per heavy atom. The predicted octanol–water partition coefficient (Wildman–Crippen LogP) is 4.45. The summed E-state index contributed by atoms with van der Waals surface area (Å²) >= 11 is 6.26. The van der Waals surface area contributed by atoms with E-state index in [4.69, 9.17) is 25.5 Å². The number of aryl methyl sites for hydroxylation is 2. The van der Waals surface area contributed by atoms with E-state index in [2.05, 4.69) is 12.2 Å². The third kappa shape index (κ3) is 2.31. The Morgan fingerprint density at radius 3 is 2.50 bits per heavy atom. The third-order valence-corrected chi connectivity index (χ3v) is 3.69. The summed E-state index contributed by atoms with van der Waals surface area (Å²) in [5.41, 5.74) is 1.94. The molecule has 0 aliphatic carbocycles. The molecule has 1 unspecified atom stereocenters. The number of furan rings is 1. The minimum Gasteiger partial charge on any atom is -0.466 e. The van der Waals surface area contributed by atoms with Crippen LogP contribution in [-0.4, -0.2) is 6.79 Å². The van der Waals surface area contributed by atoms with Gasteiger partial charge in [-0.15, -0.1) is 0 Å². The van der Waals surface area contributed by atoms with Crippen LogP contribution in [0.3, 0.4) is 0 Å². The van der Waals surface area contributed by atoms with E-state index in [0.29, 0.717) is 16.5 Å². The molecule has 0 bridgehead atoms. The van der Waals surface area contributed by atoms with Gasteiger partial charge in [-0.1, -0.05) is 11.6 Å². The summed E-state index contributed by atoms with van der Waals surface area (Å²) < 4.78 is 16.2. The molecular formula is C15H16ClNO3. The highest BCUT2D eigenvalue weighted by atomic mass is 35.5. The molecule has 0 saturated heterocycles. The lowest BCUT2D eigenvalue weighted by atomic mass is 10.1. The number of hydrogen-bond acceptors (Lipinski definition) is 4. The van der Waals surface area contributed by atoms with Gasteiger partial charge in [0.05, 0.1) is 16.8 Å². The number of halogens is 1. The molecule has 0 saturated carbocycles. The zero-order chi connectivity index (χ0) is 14.3. The quantitative estimate of drug-likeness (QED) is 0.908. The second kappa shape index (κ2) is 4.94. The van der Waals surface area contributed by atoms with Crippen molar-refractivity contribution in [2.24, 2.45) is 0 Å². The van der Waals surface area contributed by atoms with Crippen molar-refractivity contribution < 1.29 is 13.9 Å². The molecule has 0 amide bonds. The Hall–Kier alpha value is -1.81. The molecule has 1 N–H and O–H groups in total. The van der Waals surface area contributed by atoms with E-state index in [0.717, 1.165) is 22.8 Å². The van der Waals surface area contributed by atoms with Crippen LogP contribution in [0.25, 0.3) is 0 Å². The summed E-state index contributed by atoms with van der Waals surface area (Å²) in [5, 5.41) is 3.99. The van der Waals surface area contributed by atoms with E-state index in [1.54, 1.807) is 6.07 Å². The van der Waals surface area contributed by atoms with Crippen molar-refractivity contribution in [3.63, 3.8) is 0 Å². The van der Waals surface area contributed by atoms with E-state index in [1.165, 1.54) is 0 Å². The van der Waals surface area contributed by atoms with Gasteiger partial charge in [-0.3, -0.25) is 0 Å². The first-order chi connectivity index (χ1) is 9.54. The zero-order valence-electron chi connectivity index (χ0n) is 11.6. The standard InChI is InChI=1S/C15H16ClNO3/c1-8-4-11(10(3)20-8)9(2)17-13-6-15-14(5-12(13)16)18-7-19-15/h4-6,9,17H,7H2,1-3H3. The Balaban J connectivity index is 1.86. The molecular weight excluding hydrogens is 278 g/mol. The largest absolute Gasteiger partial charge is 0.466 e. The van der Waals surface area contributed by atoms with Crippen LogP contribution in [-0.2, 0) is 0 Å². The number of benzene rings is 1. The third-order valence-electron chi connectivity index (χ3n) is 3.38. The van der Waals surface area contributed by atoms with Gasteiger partial charge in [0.2, 0.25) is 6.79 Å². The lowest BCUT2D eigenvalue weighted by Crippen LogP contribution is -2.07. The molecule has 20 heavy (non-hydrogen) atoms. The molecule has 1 aliphatic heterocycles. The van der Waals surface area contributed by atoms with Gasteiger partial charge in [-0.25, -0.2) is 0 Å². The Kier molecular flexibility index (Phi) is 3.26. The van der Waals surface area contributed by atoms with Crippen LogP contribution in [0.5, 0.6) is 11.5 Å². The van der Waals surface area contributed by atoms with Gasteiger partial charge in [0.15, 0.2) is 11.5 Å². The van der Waals surface area contributed by atoms with Crippen molar-refractivity contribution in [3.05, 3.63) is 40.3 Å². The molecule has 0 fully saturated rings. The number of fused-ring (bicyclic) bond motifs is 1. The van der Waals surface area contributed by atoms with Crippen LogP contribution in [0.4, 0.5) is 5.69 Å². The van der Waals surface area contributed by atoms with Gasteiger partial charge in [0.25, 0.3) is 0 Å². The number of hydrogen-bond donors (Lipinski definition) is 1. The maximum Gasteiger partial charge on any atom is 0.231 e. The minimum atomic E-state index is 0.0883. The average Bonchev–Trinajstić information content (AvgIpc) is 2.95. The smallest absolute Gasteiger partial charge is 0.231 e. The topological polar surface area (TPSA) is 43.6 Å². The average molecular weight is 294 g/mol. The van der Waals surface area contributed by atoms with Crippen molar-refractivity contribution in [3.8, 4) is 11.5 Å². The van der Waals surface area contributed by atoms with Gasteiger partial charge in [0.1, 0.15) is 11.5 Å². The first kappa shape index (κ1) is 13.2. The highest BCUT2D eigenvalue weighted by molar-refractivity contribution is 6.33. The molecule has 1 aromatic carbocycles. The van der Waals surface area contributed by atoms with E-state index in [1.807, 2.05) is 26.0 Å². The number of rotatable bonds is 3. The second-order valence-electron chi connectivity index (χ2n) is 4.92. The molecule has 5 heteroatoms. The van der Waals surface area contributed by atoms with E-state index in [-0.39, 0.29) is 12.8 Å². The molecule has 3 rings (SSSR count). The maximum absolute atomic E-state index is 6.26. The SMILES string of the molecule is Cc1cc(C(C)Nc2cc3c(cc2Cl)OCO3)c(C)o1. The van der Waals surface area contributed by atoms with Crippen LogP contribution in [0.15, 0.2) is 22.6 Å². The van der Waals surface area contributed by atoms with Gasteiger partial charge >= 0.3 is 0 Å². The Morgan fingerprint density at radius 2 is 1.85 bits per heavy atom. The first-order valence-corrected chi connectivity index (χ1v) is 6.85. The van der Waals surface area contributed by atoms with Crippen LogP contribution in [0.2, 0.25) is 5.02 Å². The van der Waals surface area contributed by atoms with Crippen LogP contribution >= 0.6 is 11.6 Å². The van der Waals surface area contributed by atoms with Gasteiger partial charge in [-0.05, 0) is 26.8 Å². The van der Waals surface area contributed by atoms with Gasteiger partial charge in [-0.2, -0.15) is 0 Å². The van der Waals surface area contributed by atoms with Crippen LogP contribution in [0, 0.1) is 13.8 Å². The molecule has 0 spiro atoms. The number of ether oxygens (including phenoxy) is 2. The summed E-state index contributed by atoms with van der Waals surface area (Å²) in [7, 11) is 0. The molecule has 106 valence electrons. The molecule has 1 aliphatic rings. The van der Waals surface area contributed by atoms with Crippen molar-refractivity contribution in [2.45, 2.75) is 26.8 Å². The fourth-order valence-corrected chi connectivity index (χ4v) is 2.63. The van der Waals surface area contributed by atoms with Crippen molar-refractivity contribution in [1.29, 1.82) is 0 Å². The number of nitrogens with one attached hydrogen (secondary N) is 1.